The molecule has 3 amide bonds. The summed E-state index contributed by atoms with van der Waals surface area (Å²) in [6.45, 7) is 6.65. The molecule has 1 aromatic heterocycles. The van der Waals surface area contributed by atoms with Crippen LogP contribution in [0.1, 0.15) is 59.3 Å². The molecule has 0 atom stereocenters. The van der Waals surface area contributed by atoms with E-state index in [-0.39, 0.29) is 17.7 Å². The second-order valence-electron chi connectivity index (χ2n) is 7.70. The Kier molecular flexibility index (Phi) is 10.9. The fourth-order valence-corrected chi connectivity index (χ4v) is 3.94. The lowest BCUT2D eigenvalue weighted by Gasteiger charge is -2.11. The fourth-order valence-electron chi connectivity index (χ4n) is 3.05. The van der Waals surface area contributed by atoms with Crippen LogP contribution in [0.4, 0.5) is 4.79 Å². The van der Waals surface area contributed by atoms with Gasteiger partial charge in [-0.1, -0.05) is 62.4 Å². The van der Waals surface area contributed by atoms with Gasteiger partial charge in [0, 0.05) is 23.2 Å². The molecule has 1 aromatic carbocycles. The molecule has 0 spiro atoms. The third-order valence-corrected chi connectivity index (χ3v) is 5.78. The summed E-state index contributed by atoms with van der Waals surface area (Å²) in [6.07, 6.45) is 7.11. The predicted molar refractivity (Wildman–Crippen MR) is 126 cm³/mol. The highest BCUT2D eigenvalue weighted by Crippen LogP contribution is 2.26. The maximum absolute atomic E-state index is 12.1. The van der Waals surface area contributed by atoms with Crippen molar-refractivity contribution in [3.05, 3.63) is 29.3 Å². The number of aromatic nitrogens is 3. The summed E-state index contributed by atoms with van der Waals surface area (Å²) in [5.41, 5.74) is 0.926. The van der Waals surface area contributed by atoms with Gasteiger partial charge >= 0.3 is 6.03 Å². The van der Waals surface area contributed by atoms with Gasteiger partial charge in [-0.2, -0.15) is 0 Å². The zero-order valence-electron chi connectivity index (χ0n) is 18.5. The number of rotatable bonds is 12. The van der Waals surface area contributed by atoms with Gasteiger partial charge in [0.05, 0.1) is 5.75 Å². The first-order valence-electron chi connectivity index (χ1n) is 10.8. The minimum absolute atomic E-state index is 0.0391. The molecule has 1 heterocycles. The molecule has 0 aliphatic rings. The van der Waals surface area contributed by atoms with Gasteiger partial charge in [-0.05, 0) is 44.5 Å². The maximum atomic E-state index is 12.1. The van der Waals surface area contributed by atoms with Crippen molar-refractivity contribution in [3.8, 4) is 11.4 Å². The van der Waals surface area contributed by atoms with E-state index in [2.05, 4.69) is 32.3 Å². The van der Waals surface area contributed by atoms with E-state index in [4.69, 9.17) is 11.6 Å². The van der Waals surface area contributed by atoms with Crippen molar-refractivity contribution < 1.29 is 9.59 Å². The average Bonchev–Trinajstić information content (AvgIpc) is 3.11. The number of hydrogen-bond acceptors (Lipinski definition) is 5. The Labute approximate surface area is 193 Å². The van der Waals surface area contributed by atoms with Crippen molar-refractivity contribution >= 4 is 35.3 Å². The lowest BCUT2D eigenvalue weighted by atomic mass is 10.1. The highest BCUT2D eigenvalue weighted by Gasteiger charge is 2.16. The number of halogens is 1. The number of amides is 3. The van der Waals surface area contributed by atoms with Gasteiger partial charge in [0.1, 0.15) is 0 Å². The van der Waals surface area contributed by atoms with Crippen molar-refractivity contribution in [3.63, 3.8) is 0 Å². The standard InChI is InChI=1S/C22H32ClN5O2S/c1-4-5-6-7-8-9-14-28-20(17-10-12-18(23)13-11-17)26-27-22(28)31-15-19(29)25-21(30)24-16(2)3/h10-13,16H,4-9,14-15H2,1-3H3,(H2,24,25,29,30). The summed E-state index contributed by atoms with van der Waals surface area (Å²) in [6, 6.07) is 6.96. The molecule has 0 aliphatic carbocycles. The molecule has 0 fully saturated rings. The van der Waals surface area contributed by atoms with Gasteiger partial charge in [0.2, 0.25) is 5.91 Å². The SMILES string of the molecule is CCCCCCCCn1c(SCC(=O)NC(=O)NC(C)C)nnc1-c1ccc(Cl)cc1. The van der Waals surface area contributed by atoms with Crippen LogP contribution in [0.25, 0.3) is 11.4 Å². The second kappa shape index (κ2) is 13.4. The van der Waals surface area contributed by atoms with E-state index in [0.717, 1.165) is 30.8 Å². The van der Waals surface area contributed by atoms with Crippen LogP contribution in [0.5, 0.6) is 0 Å². The smallest absolute Gasteiger partial charge is 0.321 e. The number of hydrogen-bond donors (Lipinski definition) is 2. The number of carbonyl (C=O) groups excluding carboxylic acids is 2. The topological polar surface area (TPSA) is 88.9 Å². The lowest BCUT2D eigenvalue weighted by molar-refractivity contribution is -0.117. The highest BCUT2D eigenvalue weighted by molar-refractivity contribution is 7.99. The number of urea groups is 1. The molecular weight excluding hydrogens is 434 g/mol. The lowest BCUT2D eigenvalue weighted by Crippen LogP contribution is -2.43. The first-order chi connectivity index (χ1) is 14.9. The van der Waals surface area contributed by atoms with Crippen molar-refractivity contribution in [1.82, 2.24) is 25.4 Å². The van der Waals surface area contributed by atoms with Gasteiger partial charge < -0.3 is 9.88 Å². The third kappa shape index (κ3) is 8.91. The largest absolute Gasteiger partial charge is 0.336 e. The Hall–Kier alpha value is -2.06. The van der Waals surface area contributed by atoms with Crippen LogP contribution in [-0.4, -0.2) is 38.5 Å². The molecule has 0 aliphatic heterocycles. The molecule has 0 bridgehead atoms. The quantitative estimate of drug-likeness (QED) is 0.328. The van der Waals surface area contributed by atoms with E-state index in [0.29, 0.717) is 10.2 Å². The number of nitrogens with zero attached hydrogens (tertiary/aromatic N) is 3. The number of imide groups is 1. The Morgan fingerprint density at radius 1 is 1.06 bits per heavy atom. The molecule has 2 aromatic rings. The van der Waals surface area contributed by atoms with Crippen LogP contribution in [0, 0.1) is 0 Å². The van der Waals surface area contributed by atoms with Crippen LogP contribution in [-0.2, 0) is 11.3 Å². The van der Waals surface area contributed by atoms with Gasteiger partial charge in [-0.15, -0.1) is 10.2 Å². The summed E-state index contributed by atoms with van der Waals surface area (Å²) in [4.78, 5) is 23.8. The molecule has 0 saturated heterocycles. The van der Waals surface area contributed by atoms with Gasteiger partial charge in [-0.3, -0.25) is 10.1 Å². The number of carbonyl (C=O) groups is 2. The molecule has 0 saturated carbocycles. The van der Waals surface area contributed by atoms with Crippen molar-refractivity contribution in [2.45, 2.75) is 77.0 Å². The van der Waals surface area contributed by atoms with Gasteiger partial charge in [0.15, 0.2) is 11.0 Å². The van der Waals surface area contributed by atoms with Crippen LogP contribution >= 0.6 is 23.4 Å². The second-order valence-corrected chi connectivity index (χ2v) is 9.08. The summed E-state index contributed by atoms with van der Waals surface area (Å²) < 4.78 is 2.05. The molecule has 7 nitrogen and oxygen atoms in total. The molecule has 2 rings (SSSR count). The Morgan fingerprint density at radius 2 is 1.74 bits per heavy atom. The monoisotopic (exact) mass is 465 g/mol. The highest BCUT2D eigenvalue weighted by atomic mass is 35.5. The van der Waals surface area contributed by atoms with E-state index in [9.17, 15) is 9.59 Å². The first-order valence-corrected chi connectivity index (χ1v) is 12.2. The van der Waals surface area contributed by atoms with Crippen molar-refractivity contribution in [2.24, 2.45) is 0 Å². The summed E-state index contributed by atoms with van der Waals surface area (Å²) in [5, 5.41) is 15.0. The van der Waals surface area contributed by atoms with Crippen LogP contribution in [0.2, 0.25) is 5.02 Å². The minimum atomic E-state index is -0.490. The first kappa shape index (κ1) is 25.2. The predicted octanol–water partition coefficient (Wildman–Crippen LogP) is 5.29. The normalized spacial score (nSPS) is 11.0. The van der Waals surface area contributed by atoms with Crippen LogP contribution in [0.3, 0.4) is 0 Å². The Balaban J connectivity index is 2.04. The fraction of sp³-hybridized carbons (Fsp3) is 0.545. The number of nitrogens with one attached hydrogen (secondary N) is 2. The molecule has 2 N–H and O–H groups in total. The molecule has 31 heavy (non-hydrogen) atoms. The third-order valence-electron chi connectivity index (χ3n) is 4.56. The minimum Gasteiger partial charge on any atom is -0.336 e. The Bertz CT molecular complexity index is 839. The van der Waals surface area contributed by atoms with E-state index in [1.165, 1.54) is 37.4 Å². The van der Waals surface area contributed by atoms with Gasteiger partial charge in [0.25, 0.3) is 0 Å². The van der Waals surface area contributed by atoms with Crippen molar-refractivity contribution in [2.75, 3.05) is 5.75 Å². The molecule has 0 radical (unpaired) electrons. The van der Waals surface area contributed by atoms with E-state index in [1.54, 1.807) is 0 Å². The number of thioether (sulfide) groups is 1. The molecular formula is C22H32ClN5O2S. The summed E-state index contributed by atoms with van der Waals surface area (Å²) >= 11 is 7.30. The molecule has 170 valence electrons. The number of benzene rings is 1. The molecule has 9 heteroatoms. The zero-order chi connectivity index (χ0) is 22.6. The molecule has 0 unspecified atom stereocenters. The van der Waals surface area contributed by atoms with Gasteiger partial charge in [-0.25, -0.2) is 4.79 Å². The average molecular weight is 466 g/mol. The van der Waals surface area contributed by atoms with E-state index >= 15 is 0 Å². The zero-order valence-corrected chi connectivity index (χ0v) is 20.1. The summed E-state index contributed by atoms with van der Waals surface area (Å²) in [5.74, 6) is 0.469. The van der Waals surface area contributed by atoms with E-state index < -0.39 is 6.03 Å². The Morgan fingerprint density at radius 3 is 2.42 bits per heavy atom. The number of unbranched alkanes of at least 4 members (excludes halogenated alkanes) is 5. The van der Waals surface area contributed by atoms with Crippen LogP contribution in [0.15, 0.2) is 29.4 Å². The summed E-state index contributed by atoms with van der Waals surface area (Å²) in [7, 11) is 0. The maximum Gasteiger partial charge on any atom is 0.321 e. The van der Waals surface area contributed by atoms with Crippen molar-refractivity contribution in [1.29, 1.82) is 0 Å². The van der Waals surface area contributed by atoms with Crippen LogP contribution < -0.4 is 10.6 Å². The van der Waals surface area contributed by atoms with E-state index in [1.807, 2.05) is 38.1 Å².